The number of amides is 1. The maximum atomic E-state index is 12.5. The normalized spacial score (nSPS) is 20.2. The number of rotatable bonds is 8. The number of anilines is 1. The monoisotopic (exact) mass is 536 g/mol. The molecular weight excluding hydrogens is 508 g/mol. The number of hydrogen-bond donors (Lipinski definition) is 0. The van der Waals surface area contributed by atoms with Crippen molar-refractivity contribution >= 4 is 50.2 Å². The van der Waals surface area contributed by atoms with E-state index in [0.717, 1.165) is 50.5 Å². The van der Waals surface area contributed by atoms with Gasteiger partial charge in [-0.25, -0.2) is 0 Å². The van der Waals surface area contributed by atoms with Gasteiger partial charge in [0.1, 0.15) is 5.75 Å². The fourth-order valence-corrected chi connectivity index (χ4v) is 6.09. The van der Waals surface area contributed by atoms with Gasteiger partial charge in [-0.05, 0) is 106 Å². The van der Waals surface area contributed by atoms with E-state index in [1.54, 1.807) is 0 Å². The highest BCUT2D eigenvalue weighted by Crippen LogP contribution is 2.33. The van der Waals surface area contributed by atoms with E-state index in [1.807, 2.05) is 42.2 Å². The van der Waals surface area contributed by atoms with Crippen LogP contribution in [0.3, 0.4) is 0 Å². The lowest BCUT2D eigenvalue weighted by atomic mass is 9.90. The Balaban J connectivity index is 1.22. The van der Waals surface area contributed by atoms with E-state index in [1.165, 1.54) is 34.6 Å². The standard InChI is InChI=1S/C25H30BrClN2O2S/c1-2-31-22-7-8-24(26)19(16-22)15-18-9-12-28(13-10-18)14-11-23-17-29(25(30)32-23)21-5-3-20(27)4-6-21/h3-8,16,18,23H,2,9-15,17H2,1H3. The Labute approximate surface area is 208 Å². The molecule has 0 spiro atoms. The number of carbonyl (C=O) groups is 1. The van der Waals surface area contributed by atoms with Crippen LogP contribution in [0.1, 0.15) is 31.7 Å². The van der Waals surface area contributed by atoms with Crippen molar-refractivity contribution in [2.75, 3.05) is 37.7 Å². The molecule has 2 heterocycles. The molecule has 2 aliphatic rings. The van der Waals surface area contributed by atoms with Gasteiger partial charge in [0.25, 0.3) is 5.24 Å². The number of nitrogens with zero attached hydrogens (tertiary/aromatic N) is 2. The summed E-state index contributed by atoms with van der Waals surface area (Å²) in [4.78, 5) is 16.9. The minimum absolute atomic E-state index is 0.149. The van der Waals surface area contributed by atoms with Crippen molar-refractivity contribution in [2.24, 2.45) is 5.92 Å². The molecule has 2 fully saturated rings. The molecule has 1 unspecified atom stereocenters. The lowest BCUT2D eigenvalue weighted by Crippen LogP contribution is -2.36. The molecule has 1 atom stereocenters. The summed E-state index contributed by atoms with van der Waals surface area (Å²) in [7, 11) is 0. The summed E-state index contributed by atoms with van der Waals surface area (Å²) in [5, 5.41) is 1.20. The van der Waals surface area contributed by atoms with Crippen molar-refractivity contribution in [3.8, 4) is 5.75 Å². The van der Waals surface area contributed by atoms with Crippen LogP contribution in [-0.4, -0.2) is 48.2 Å². The number of halogens is 2. The third kappa shape index (κ3) is 6.22. The molecule has 32 heavy (non-hydrogen) atoms. The molecule has 172 valence electrons. The molecule has 2 aromatic rings. The first kappa shape index (κ1) is 23.9. The van der Waals surface area contributed by atoms with E-state index in [-0.39, 0.29) is 5.24 Å². The van der Waals surface area contributed by atoms with Crippen molar-refractivity contribution in [3.05, 3.63) is 57.5 Å². The van der Waals surface area contributed by atoms with Crippen LogP contribution in [0.5, 0.6) is 5.75 Å². The van der Waals surface area contributed by atoms with E-state index in [0.29, 0.717) is 22.8 Å². The van der Waals surface area contributed by atoms with Crippen LogP contribution in [0, 0.1) is 5.92 Å². The zero-order valence-corrected chi connectivity index (χ0v) is 21.6. The predicted molar refractivity (Wildman–Crippen MR) is 138 cm³/mol. The maximum absolute atomic E-state index is 12.5. The zero-order chi connectivity index (χ0) is 22.5. The first-order chi connectivity index (χ1) is 15.5. The minimum atomic E-state index is 0.149. The average Bonchev–Trinajstić information content (AvgIpc) is 3.17. The molecule has 2 saturated heterocycles. The zero-order valence-electron chi connectivity index (χ0n) is 18.4. The molecule has 0 bridgehead atoms. The highest BCUT2D eigenvalue weighted by molar-refractivity contribution is 9.10. The summed E-state index contributed by atoms with van der Waals surface area (Å²) in [5.74, 6) is 1.67. The number of likely N-dealkylation sites (tertiary alicyclic amines) is 1. The van der Waals surface area contributed by atoms with E-state index >= 15 is 0 Å². The van der Waals surface area contributed by atoms with Crippen LogP contribution in [0.25, 0.3) is 0 Å². The summed E-state index contributed by atoms with van der Waals surface area (Å²) >= 11 is 11.2. The lowest BCUT2D eigenvalue weighted by Gasteiger charge is -2.32. The van der Waals surface area contributed by atoms with Crippen LogP contribution in [0.4, 0.5) is 10.5 Å². The first-order valence-corrected chi connectivity index (χ1v) is 13.4. The summed E-state index contributed by atoms with van der Waals surface area (Å²) in [5.41, 5.74) is 2.28. The van der Waals surface area contributed by atoms with Gasteiger partial charge in [-0.1, -0.05) is 39.3 Å². The van der Waals surface area contributed by atoms with Crippen LogP contribution in [0.15, 0.2) is 46.9 Å². The molecule has 0 N–H and O–H groups in total. The van der Waals surface area contributed by atoms with Crippen molar-refractivity contribution in [3.63, 3.8) is 0 Å². The Hall–Kier alpha value is -1.21. The van der Waals surface area contributed by atoms with Gasteiger partial charge in [0, 0.05) is 27.0 Å². The fraction of sp³-hybridized carbons (Fsp3) is 0.480. The Morgan fingerprint density at radius 2 is 1.91 bits per heavy atom. The highest BCUT2D eigenvalue weighted by atomic mass is 79.9. The van der Waals surface area contributed by atoms with Gasteiger partial charge in [0.15, 0.2) is 0 Å². The van der Waals surface area contributed by atoms with E-state index in [9.17, 15) is 4.79 Å². The van der Waals surface area contributed by atoms with Crippen LogP contribution in [0.2, 0.25) is 5.02 Å². The number of hydrogen-bond acceptors (Lipinski definition) is 4. The van der Waals surface area contributed by atoms with Gasteiger partial charge in [-0.3, -0.25) is 4.79 Å². The number of ether oxygens (including phenoxy) is 1. The van der Waals surface area contributed by atoms with E-state index in [2.05, 4.69) is 33.0 Å². The molecular formula is C25H30BrClN2O2S. The Morgan fingerprint density at radius 3 is 2.62 bits per heavy atom. The van der Waals surface area contributed by atoms with Crippen molar-refractivity contribution in [1.82, 2.24) is 4.90 Å². The van der Waals surface area contributed by atoms with E-state index in [4.69, 9.17) is 16.3 Å². The van der Waals surface area contributed by atoms with Crippen molar-refractivity contribution < 1.29 is 9.53 Å². The van der Waals surface area contributed by atoms with Crippen LogP contribution >= 0.6 is 39.3 Å². The van der Waals surface area contributed by atoms with Crippen molar-refractivity contribution in [1.29, 1.82) is 0 Å². The molecule has 1 amide bonds. The molecule has 0 aromatic heterocycles. The summed E-state index contributed by atoms with van der Waals surface area (Å²) in [6, 6.07) is 13.9. The second kappa shape index (κ2) is 11.3. The second-order valence-corrected chi connectivity index (χ2v) is 11.1. The summed E-state index contributed by atoms with van der Waals surface area (Å²) < 4.78 is 6.85. The van der Waals surface area contributed by atoms with Gasteiger partial charge >= 0.3 is 0 Å². The predicted octanol–water partition coefficient (Wildman–Crippen LogP) is 6.89. The maximum Gasteiger partial charge on any atom is 0.286 e. The minimum Gasteiger partial charge on any atom is -0.494 e. The van der Waals surface area contributed by atoms with Crippen molar-refractivity contribution in [2.45, 2.75) is 37.9 Å². The third-order valence-corrected chi connectivity index (χ3v) is 8.49. The van der Waals surface area contributed by atoms with Gasteiger partial charge in [0.05, 0.1) is 6.61 Å². The number of carbonyl (C=O) groups excluding carboxylic acids is 1. The molecule has 4 nitrogen and oxygen atoms in total. The molecule has 0 radical (unpaired) electrons. The molecule has 2 aliphatic heterocycles. The van der Waals surface area contributed by atoms with Gasteiger partial charge in [-0.15, -0.1) is 0 Å². The Kier molecular flexibility index (Phi) is 8.43. The average molecular weight is 538 g/mol. The SMILES string of the molecule is CCOc1ccc(Br)c(CC2CCN(CCC3CN(c4ccc(Cl)cc4)C(=O)S3)CC2)c1. The number of thioether (sulfide) groups is 1. The van der Waals surface area contributed by atoms with Gasteiger partial charge in [-0.2, -0.15) is 0 Å². The van der Waals surface area contributed by atoms with Crippen LogP contribution < -0.4 is 9.64 Å². The number of benzene rings is 2. The molecule has 0 aliphatic carbocycles. The summed E-state index contributed by atoms with van der Waals surface area (Å²) in [6.45, 7) is 6.84. The highest BCUT2D eigenvalue weighted by Gasteiger charge is 2.32. The van der Waals surface area contributed by atoms with Gasteiger partial charge in [0.2, 0.25) is 0 Å². The Morgan fingerprint density at radius 1 is 1.16 bits per heavy atom. The quantitative estimate of drug-likeness (QED) is 0.367. The molecule has 7 heteroatoms. The smallest absolute Gasteiger partial charge is 0.286 e. The first-order valence-electron chi connectivity index (χ1n) is 11.4. The second-order valence-electron chi connectivity index (χ2n) is 8.56. The fourth-order valence-electron chi connectivity index (χ4n) is 4.52. The Bertz CT molecular complexity index is 919. The van der Waals surface area contributed by atoms with E-state index < -0.39 is 0 Å². The summed E-state index contributed by atoms with van der Waals surface area (Å²) in [6.07, 6.45) is 4.59. The molecule has 2 aromatic carbocycles. The topological polar surface area (TPSA) is 32.8 Å². The molecule has 4 rings (SSSR count). The number of piperidine rings is 1. The molecule has 0 saturated carbocycles. The van der Waals surface area contributed by atoms with Gasteiger partial charge < -0.3 is 14.5 Å². The largest absolute Gasteiger partial charge is 0.494 e. The van der Waals surface area contributed by atoms with Crippen LogP contribution in [-0.2, 0) is 6.42 Å². The third-order valence-electron chi connectivity index (χ3n) is 6.32. The lowest BCUT2D eigenvalue weighted by molar-refractivity contribution is 0.182.